The van der Waals surface area contributed by atoms with Crippen molar-refractivity contribution in [3.63, 3.8) is 0 Å². The molecule has 0 radical (unpaired) electrons. The van der Waals surface area contributed by atoms with Crippen LogP contribution >= 0.6 is 0 Å². The van der Waals surface area contributed by atoms with E-state index in [1.165, 1.54) is 45.2 Å². The molecule has 0 aromatic heterocycles. The van der Waals surface area contributed by atoms with Crippen molar-refractivity contribution in [3.8, 4) is 0 Å². The van der Waals surface area contributed by atoms with Crippen molar-refractivity contribution in [1.82, 2.24) is 5.32 Å². The summed E-state index contributed by atoms with van der Waals surface area (Å²) in [7, 11) is 2.04. The highest BCUT2D eigenvalue weighted by molar-refractivity contribution is 5.63. The molecule has 1 aromatic rings. The largest absolute Gasteiger partial charge is 0.370 e. The van der Waals surface area contributed by atoms with Gasteiger partial charge in [0.2, 0.25) is 0 Å². The number of para-hydroxylation sites is 1. The van der Waals surface area contributed by atoms with Gasteiger partial charge in [0.15, 0.2) is 0 Å². The summed E-state index contributed by atoms with van der Waals surface area (Å²) >= 11 is 0. The topological polar surface area (TPSA) is 15.3 Å². The number of nitrogens with one attached hydrogen (secondary N) is 1. The maximum absolute atomic E-state index is 3.25. The third-order valence-electron chi connectivity index (χ3n) is 4.22. The molecular formula is C16H24N2. The number of hydrogen-bond acceptors (Lipinski definition) is 2. The summed E-state index contributed by atoms with van der Waals surface area (Å²) in [6, 6.07) is 6.90. The van der Waals surface area contributed by atoms with Crippen LogP contribution in [0.25, 0.3) is 0 Å². The molecule has 0 amide bonds. The van der Waals surface area contributed by atoms with Gasteiger partial charge in [-0.15, -0.1) is 0 Å². The molecule has 3 rings (SSSR count). The summed E-state index contributed by atoms with van der Waals surface area (Å²) in [5.74, 6) is 0.987. The van der Waals surface area contributed by atoms with Crippen LogP contribution in [0.2, 0.25) is 0 Å². The number of nitrogens with zero attached hydrogens (tertiary/aromatic N) is 1. The minimum Gasteiger partial charge on any atom is -0.370 e. The van der Waals surface area contributed by atoms with E-state index in [0.717, 1.165) is 12.5 Å². The predicted octanol–water partition coefficient (Wildman–Crippen LogP) is 2.61. The van der Waals surface area contributed by atoms with Crippen molar-refractivity contribution in [2.24, 2.45) is 5.92 Å². The Labute approximate surface area is 110 Å². The quantitative estimate of drug-likeness (QED) is 0.774. The van der Waals surface area contributed by atoms with E-state index in [9.17, 15) is 0 Å². The zero-order valence-electron chi connectivity index (χ0n) is 11.4. The van der Waals surface area contributed by atoms with Gasteiger partial charge in [-0.1, -0.05) is 18.2 Å². The fourth-order valence-corrected chi connectivity index (χ4v) is 3.07. The van der Waals surface area contributed by atoms with Crippen molar-refractivity contribution in [3.05, 3.63) is 29.3 Å². The Morgan fingerprint density at radius 1 is 1.33 bits per heavy atom. The molecule has 0 saturated heterocycles. The number of fused-ring (bicyclic) bond motifs is 1. The molecule has 1 aliphatic heterocycles. The van der Waals surface area contributed by atoms with E-state index in [1.807, 2.05) is 7.05 Å². The van der Waals surface area contributed by atoms with Gasteiger partial charge in [0.25, 0.3) is 0 Å². The maximum atomic E-state index is 3.25. The van der Waals surface area contributed by atoms with Crippen LogP contribution in [0.15, 0.2) is 18.2 Å². The van der Waals surface area contributed by atoms with Crippen LogP contribution in [0, 0.1) is 5.92 Å². The monoisotopic (exact) mass is 244 g/mol. The van der Waals surface area contributed by atoms with Gasteiger partial charge >= 0.3 is 0 Å². The first-order valence-electron chi connectivity index (χ1n) is 7.39. The highest BCUT2D eigenvalue weighted by atomic mass is 15.2. The minimum absolute atomic E-state index is 0.987. The smallest absolute Gasteiger partial charge is 0.0432 e. The minimum atomic E-state index is 0.987. The summed E-state index contributed by atoms with van der Waals surface area (Å²) in [6.07, 6.45) is 6.61. The van der Waals surface area contributed by atoms with Crippen molar-refractivity contribution >= 4 is 5.69 Å². The maximum Gasteiger partial charge on any atom is 0.0432 e. The number of benzene rings is 1. The molecular weight excluding hydrogens is 220 g/mol. The van der Waals surface area contributed by atoms with Crippen LogP contribution in [0.3, 0.4) is 0 Å². The molecule has 1 aliphatic carbocycles. The van der Waals surface area contributed by atoms with E-state index in [1.54, 1.807) is 16.8 Å². The number of rotatable bonds is 6. The Bertz CT molecular complexity index is 410. The number of anilines is 1. The molecule has 1 saturated carbocycles. The van der Waals surface area contributed by atoms with Crippen molar-refractivity contribution in [1.29, 1.82) is 0 Å². The van der Waals surface area contributed by atoms with Gasteiger partial charge in [-0.3, -0.25) is 0 Å². The Hall–Kier alpha value is -1.02. The van der Waals surface area contributed by atoms with E-state index in [2.05, 4.69) is 28.4 Å². The molecule has 0 unspecified atom stereocenters. The van der Waals surface area contributed by atoms with Gasteiger partial charge < -0.3 is 10.2 Å². The highest BCUT2D eigenvalue weighted by Crippen LogP contribution is 2.37. The standard InChI is InChI=1S/C16H24N2/c1-17-10-3-6-14-4-2-5-15-9-11-18(16(14)15)12-13-7-8-13/h2,4-5,13,17H,3,6-12H2,1H3. The molecule has 1 heterocycles. The molecule has 1 N–H and O–H groups in total. The van der Waals surface area contributed by atoms with E-state index < -0.39 is 0 Å². The number of hydrogen-bond donors (Lipinski definition) is 1. The zero-order valence-corrected chi connectivity index (χ0v) is 11.4. The van der Waals surface area contributed by atoms with Crippen molar-refractivity contribution in [2.45, 2.75) is 32.1 Å². The van der Waals surface area contributed by atoms with Gasteiger partial charge in [-0.25, -0.2) is 0 Å². The molecule has 0 atom stereocenters. The van der Waals surface area contributed by atoms with Crippen LogP contribution in [-0.2, 0) is 12.8 Å². The second kappa shape index (κ2) is 5.31. The summed E-state index contributed by atoms with van der Waals surface area (Å²) < 4.78 is 0. The van der Waals surface area contributed by atoms with Crippen LogP contribution in [-0.4, -0.2) is 26.7 Å². The van der Waals surface area contributed by atoms with Crippen molar-refractivity contribution in [2.75, 3.05) is 31.6 Å². The Morgan fingerprint density at radius 3 is 3.00 bits per heavy atom. The fourth-order valence-electron chi connectivity index (χ4n) is 3.07. The number of aryl methyl sites for hydroxylation is 1. The summed E-state index contributed by atoms with van der Waals surface area (Å²) in [5.41, 5.74) is 4.74. The first-order chi connectivity index (χ1) is 8.88. The Balaban J connectivity index is 1.75. The van der Waals surface area contributed by atoms with Gasteiger partial charge in [-0.2, -0.15) is 0 Å². The lowest BCUT2D eigenvalue weighted by molar-refractivity contribution is 0.716. The summed E-state index contributed by atoms with van der Waals surface area (Å²) in [6.45, 7) is 3.66. The van der Waals surface area contributed by atoms with Crippen LogP contribution in [0.1, 0.15) is 30.4 Å². The third-order valence-corrected chi connectivity index (χ3v) is 4.22. The van der Waals surface area contributed by atoms with E-state index in [4.69, 9.17) is 0 Å². The van der Waals surface area contributed by atoms with E-state index >= 15 is 0 Å². The van der Waals surface area contributed by atoms with Gasteiger partial charge in [-0.05, 0) is 62.7 Å². The molecule has 18 heavy (non-hydrogen) atoms. The predicted molar refractivity (Wildman–Crippen MR) is 77.3 cm³/mol. The SMILES string of the molecule is CNCCCc1cccc2c1N(CC1CC1)CC2. The lowest BCUT2D eigenvalue weighted by Gasteiger charge is -2.22. The first kappa shape index (κ1) is 12.0. The average Bonchev–Trinajstić information content (AvgIpc) is 3.10. The third kappa shape index (κ3) is 2.54. The van der Waals surface area contributed by atoms with Crippen molar-refractivity contribution < 1.29 is 0 Å². The lowest BCUT2D eigenvalue weighted by atomic mass is 10.0. The van der Waals surface area contributed by atoms with Gasteiger partial charge in [0.05, 0.1) is 0 Å². The first-order valence-corrected chi connectivity index (χ1v) is 7.39. The normalized spacial score (nSPS) is 18.2. The van der Waals surface area contributed by atoms with Gasteiger partial charge in [0.1, 0.15) is 0 Å². The Morgan fingerprint density at radius 2 is 2.22 bits per heavy atom. The molecule has 1 fully saturated rings. The van der Waals surface area contributed by atoms with Crippen LogP contribution < -0.4 is 10.2 Å². The fraction of sp³-hybridized carbons (Fsp3) is 0.625. The summed E-state index contributed by atoms with van der Waals surface area (Å²) in [5, 5.41) is 3.25. The molecule has 0 spiro atoms. The second-order valence-electron chi connectivity index (χ2n) is 5.77. The molecule has 2 nitrogen and oxygen atoms in total. The van der Waals surface area contributed by atoms with Crippen LogP contribution in [0.5, 0.6) is 0 Å². The lowest BCUT2D eigenvalue weighted by Crippen LogP contribution is -2.24. The Kier molecular flexibility index (Phi) is 3.55. The summed E-state index contributed by atoms with van der Waals surface area (Å²) in [4.78, 5) is 2.65. The molecule has 0 bridgehead atoms. The molecule has 98 valence electrons. The van der Waals surface area contributed by atoms with E-state index in [-0.39, 0.29) is 0 Å². The van der Waals surface area contributed by atoms with Gasteiger partial charge in [0, 0.05) is 18.8 Å². The average molecular weight is 244 g/mol. The molecule has 2 heteroatoms. The highest BCUT2D eigenvalue weighted by Gasteiger charge is 2.28. The molecule has 2 aliphatic rings. The zero-order chi connectivity index (χ0) is 12.4. The second-order valence-corrected chi connectivity index (χ2v) is 5.77. The van der Waals surface area contributed by atoms with Crippen LogP contribution in [0.4, 0.5) is 5.69 Å². The molecule has 1 aromatic carbocycles. The van der Waals surface area contributed by atoms with E-state index in [0.29, 0.717) is 0 Å².